The average Bonchev–Trinajstić information content (AvgIpc) is 3.00. The van der Waals surface area contributed by atoms with Crippen LogP contribution in [-0.4, -0.2) is 50.4 Å². The normalized spacial score (nSPS) is 13.5. The van der Waals surface area contributed by atoms with Crippen LogP contribution in [0, 0.1) is 0 Å². The number of ether oxygens (including phenoxy) is 3. The SMILES string of the molecule is COC(=O)CN(N[C@@H](CSC)C(N)=O)c1ccc2c(c1)OCO2. The molecule has 8 nitrogen and oxygen atoms in total. The Kier molecular flexibility index (Phi) is 5.94. The second-order valence-electron chi connectivity index (χ2n) is 4.74. The Morgan fingerprint density at radius 1 is 1.43 bits per heavy atom. The van der Waals surface area contributed by atoms with Crippen LogP contribution in [-0.2, 0) is 14.3 Å². The first-order chi connectivity index (χ1) is 11.0. The van der Waals surface area contributed by atoms with Crippen molar-refractivity contribution in [1.29, 1.82) is 0 Å². The number of methoxy groups -OCH3 is 1. The summed E-state index contributed by atoms with van der Waals surface area (Å²) in [5.74, 6) is 0.705. The number of rotatable bonds is 8. The van der Waals surface area contributed by atoms with Crippen molar-refractivity contribution < 1.29 is 23.8 Å². The molecular formula is C14H19N3O5S. The number of benzene rings is 1. The van der Waals surface area contributed by atoms with Crippen molar-refractivity contribution in [3.05, 3.63) is 18.2 Å². The highest BCUT2D eigenvalue weighted by Gasteiger charge is 2.22. The van der Waals surface area contributed by atoms with Gasteiger partial charge in [-0.15, -0.1) is 0 Å². The lowest BCUT2D eigenvalue weighted by Gasteiger charge is -2.28. The van der Waals surface area contributed by atoms with E-state index in [1.165, 1.54) is 23.9 Å². The van der Waals surface area contributed by atoms with E-state index in [1.54, 1.807) is 18.2 Å². The van der Waals surface area contributed by atoms with Crippen LogP contribution in [0.1, 0.15) is 0 Å². The van der Waals surface area contributed by atoms with Crippen LogP contribution in [0.2, 0.25) is 0 Å². The first-order valence-electron chi connectivity index (χ1n) is 6.83. The van der Waals surface area contributed by atoms with Gasteiger partial charge in [-0.3, -0.25) is 14.6 Å². The lowest BCUT2D eigenvalue weighted by atomic mass is 10.2. The summed E-state index contributed by atoms with van der Waals surface area (Å²) in [6.45, 7) is 0.0634. The largest absolute Gasteiger partial charge is 0.468 e. The zero-order chi connectivity index (χ0) is 16.8. The predicted molar refractivity (Wildman–Crippen MR) is 86.4 cm³/mol. The molecule has 0 radical (unpaired) electrons. The molecule has 0 saturated heterocycles. The molecule has 3 N–H and O–H groups in total. The number of nitrogens with one attached hydrogen (secondary N) is 1. The molecule has 0 unspecified atom stereocenters. The van der Waals surface area contributed by atoms with E-state index in [-0.39, 0.29) is 13.3 Å². The molecule has 0 aliphatic carbocycles. The van der Waals surface area contributed by atoms with Crippen molar-refractivity contribution in [3.8, 4) is 11.5 Å². The summed E-state index contributed by atoms with van der Waals surface area (Å²) < 4.78 is 15.3. The Morgan fingerprint density at radius 2 is 2.17 bits per heavy atom. The van der Waals surface area contributed by atoms with Gasteiger partial charge in [0, 0.05) is 11.8 Å². The number of hydrogen-bond donors (Lipinski definition) is 2. The summed E-state index contributed by atoms with van der Waals surface area (Å²) >= 11 is 1.47. The fraction of sp³-hybridized carbons (Fsp3) is 0.429. The molecule has 0 fully saturated rings. The van der Waals surface area contributed by atoms with E-state index in [0.29, 0.717) is 22.9 Å². The minimum absolute atomic E-state index is 0.0890. The number of carbonyl (C=O) groups excluding carboxylic acids is 2. The van der Waals surface area contributed by atoms with Crippen LogP contribution in [0.25, 0.3) is 0 Å². The second kappa shape index (κ2) is 7.93. The maximum atomic E-state index is 11.7. The van der Waals surface area contributed by atoms with Crippen LogP contribution in [0.5, 0.6) is 11.5 Å². The van der Waals surface area contributed by atoms with Gasteiger partial charge in [-0.25, -0.2) is 5.43 Å². The molecule has 0 saturated carbocycles. The molecule has 1 heterocycles. The minimum Gasteiger partial charge on any atom is -0.468 e. The molecule has 126 valence electrons. The highest BCUT2D eigenvalue weighted by molar-refractivity contribution is 7.98. The summed E-state index contributed by atoms with van der Waals surface area (Å²) in [6.07, 6.45) is 1.86. The number of anilines is 1. The average molecular weight is 341 g/mol. The van der Waals surface area contributed by atoms with Crippen molar-refractivity contribution in [3.63, 3.8) is 0 Å². The first kappa shape index (κ1) is 17.2. The Morgan fingerprint density at radius 3 is 2.83 bits per heavy atom. The fourth-order valence-corrected chi connectivity index (χ4v) is 2.57. The van der Waals surface area contributed by atoms with Gasteiger partial charge >= 0.3 is 5.97 Å². The fourth-order valence-electron chi connectivity index (χ4n) is 2.00. The minimum atomic E-state index is -0.625. The van der Waals surface area contributed by atoms with Gasteiger partial charge in [0.05, 0.1) is 12.8 Å². The lowest BCUT2D eigenvalue weighted by Crippen LogP contribution is -2.53. The van der Waals surface area contributed by atoms with E-state index in [9.17, 15) is 9.59 Å². The third-order valence-electron chi connectivity index (χ3n) is 3.17. The predicted octanol–water partition coefficient (Wildman–Crippen LogP) is 0.116. The maximum absolute atomic E-state index is 11.7. The third-order valence-corrected chi connectivity index (χ3v) is 3.84. The Hall–Kier alpha value is -2.13. The maximum Gasteiger partial charge on any atom is 0.326 e. The monoisotopic (exact) mass is 341 g/mol. The molecule has 1 aromatic carbocycles. The Balaban J connectivity index is 2.22. The van der Waals surface area contributed by atoms with Gasteiger partial charge in [0.1, 0.15) is 12.6 Å². The van der Waals surface area contributed by atoms with E-state index in [4.69, 9.17) is 19.9 Å². The van der Waals surface area contributed by atoms with Gasteiger partial charge in [0.25, 0.3) is 0 Å². The smallest absolute Gasteiger partial charge is 0.326 e. The first-order valence-corrected chi connectivity index (χ1v) is 8.23. The Bertz CT molecular complexity index is 584. The van der Waals surface area contributed by atoms with Gasteiger partial charge in [0.2, 0.25) is 12.7 Å². The Labute approximate surface area is 138 Å². The quantitative estimate of drug-likeness (QED) is 0.507. The van der Waals surface area contributed by atoms with Crippen molar-refractivity contribution in [2.24, 2.45) is 5.73 Å². The molecule has 1 aliphatic rings. The molecule has 0 spiro atoms. The van der Waals surface area contributed by atoms with E-state index >= 15 is 0 Å². The van der Waals surface area contributed by atoms with Crippen LogP contribution in [0.15, 0.2) is 18.2 Å². The number of thioether (sulfide) groups is 1. The van der Waals surface area contributed by atoms with Crippen molar-refractivity contribution >= 4 is 29.3 Å². The highest BCUT2D eigenvalue weighted by Crippen LogP contribution is 2.35. The number of fused-ring (bicyclic) bond motifs is 1. The van der Waals surface area contributed by atoms with Gasteiger partial charge in [-0.1, -0.05) is 0 Å². The number of hydrazine groups is 1. The van der Waals surface area contributed by atoms with Crippen LogP contribution in [0.3, 0.4) is 0 Å². The number of nitrogens with two attached hydrogens (primary N) is 1. The van der Waals surface area contributed by atoms with Crippen molar-refractivity contribution in [2.45, 2.75) is 6.04 Å². The van der Waals surface area contributed by atoms with Gasteiger partial charge in [-0.2, -0.15) is 11.8 Å². The molecule has 9 heteroatoms. The molecule has 1 amide bonds. The van der Waals surface area contributed by atoms with Crippen molar-refractivity contribution in [2.75, 3.05) is 37.5 Å². The molecule has 1 atom stereocenters. The van der Waals surface area contributed by atoms with Crippen LogP contribution >= 0.6 is 11.8 Å². The zero-order valence-electron chi connectivity index (χ0n) is 12.9. The summed E-state index contributed by atoms with van der Waals surface area (Å²) in [4.78, 5) is 23.2. The molecule has 1 aromatic rings. The van der Waals surface area contributed by atoms with Crippen LogP contribution < -0.4 is 25.6 Å². The second-order valence-corrected chi connectivity index (χ2v) is 5.65. The highest BCUT2D eigenvalue weighted by atomic mass is 32.2. The molecule has 1 aliphatic heterocycles. The van der Waals surface area contributed by atoms with Gasteiger partial charge in [-0.05, 0) is 18.4 Å². The number of nitrogens with zero attached hydrogens (tertiary/aromatic N) is 1. The van der Waals surface area contributed by atoms with E-state index in [2.05, 4.69) is 5.43 Å². The molecule has 0 bridgehead atoms. The standard InChI is InChI=1S/C14H19N3O5S/c1-20-13(18)6-17(16-10(7-23-2)14(15)19)9-3-4-11-12(5-9)22-8-21-11/h3-5,10,16H,6-8H2,1-2H3,(H2,15,19)/t10-/m0/s1. The number of amides is 1. The summed E-state index contributed by atoms with van der Waals surface area (Å²) in [5.41, 5.74) is 9.00. The van der Waals surface area contributed by atoms with E-state index in [0.717, 1.165) is 0 Å². The summed E-state index contributed by atoms with van der Waals surface area (Å²) in [6, 6.07) is 4.58. The summed E-state index contributed by atoms with van der Waals surface area (Å²) in [7, 11) is 1.30. The number of carbonyl (C=O) groups is 2. The van der Waals surface area contributed by atoms with Gasteiger partial charge in [0.15, 0.2) is 11.5 Å². The van der Waals surface area contributed by atoms with Crippen LogP contribution in [0.4, 0.5) is 5.69 Å². The lowest BCUT2D eigenvalue weighted by molar-refractivity contribution is -0.139. The number of primary amides is 1. The van der Waals surface area contributed by atoms with E-state index < -0.39 is 17.9 Å². The topological polar surface area (TPSA) is 103 Å². The zero-order valence-corrected chi connectivity index (χ0v) is 13.7. The molecule has 0 aromatic heterocycles. The summed E-state index contributed by atoms with van der Waals surface area (Å²) in [5, 5.41) is 1.51. The molecule has 23 heavy (non-hydrogen) atoms. The number of hydrogen-bond acceptors (Lipinski definition) is 8. The van der Waals surface area contributed by atoms with Crippen molar-refractivity contribution in [1.82, 2.24) is 5.43 Å². The molecule has 2 rings (SSSR count). The van der Waals surface area contributed by atoms with Gasteiger partial charge < -0.3 is 19.9 Å². The number of esters is 1. The molecular weight excluding hydrogens is 322 g/mol. The third kappa shape index (κ3) is 4.42. The van der Waals surface area contributed by atoms with E-state index in [1.807, 2.05) is 6.26 Å².